The van der Waals surface area contributed by atoms with Crippen LogP contribution >= 0.6 is 7.75 Å². The number of ether oxygens (including phenoxy) is 2. The number of H-pyrrole nitrogens is 1. The highest BCUT2D eigenvalue weighted by molar-refractivity contribution is 7.50. The third-order valence-corrected chi connectivity index (χ3v) is 5.86. The average molecular weight is 482 g/mol. The van der Waals surface area contributed by atoms with E-state index in [2.05, 4.69) is 10.1 Å². The van der Waals surface area contributed by atoms with Crippen molar-refractivity contribution in [3.05, 3.63) is 80.6 Å². The summed E-state index contributed by atoms with van der Waals surface area (Å²) in [4.78, 5) is 48.0. The van der Waals surface area contributed by atoms with E-state index >= 15 is 0 Å². The maximum Gasteiger partial charge on any atom is 0.403 e. The van der Waals surface area contributed by atoms with Gasteiger partial charge in [0.1, 0.15) is 12.1 Å². The third kappa shape index (κ3) is 7.06. The van der Waals surface area contributed by atoms with E-state index in [1.807, 2.05) is 6.07 Å². The van der Waals surface area contributed by atoms with Gasteiger partial charge in [-0.25, -0.2) is 14.4 Å². The van der Waals surface area contributed by atoms with Crippen molar-refractivity contribution in [3.63, 3.8) is 0 Å². The molecule has 12 nitrogen and oxygen atoms in total. The Morgan fingerprint density at radius 2 is 2.00 bits per heavy atom. The molecule has 0 saturated carbocycles. The molecule has 1 aliphatic rings. The van der Waals surface area contributed by atoms with E-state index in [0.717, 1.165) is 5.56 Å². The summed E-state index contributed by atoms with van der Waals surface area (Å²) >= 11 is 0. The fourth-order valence-corrected chi connectivity index (χ4v) is 4.11. The standard InChI is InChI=1S/C20H24N3O8P.H3N/c1-13-11-23(20(26)21-18(13)24)17-9-8-15(31-17)12-30-32(27,28)22-16(19(25)29-2)10-14-6-4-3-5-7-14;/h3-9,11,15-17H,10,12H2,1-2H3,(H,21,24,26)(H2,22,27,28);1H3/t15?,16-,17?;/m0./s1. The second-order valence-corrected chi connectivity index (χ2v) is 8.70. The number of hydrogen-bond donors (Lipinski definition) is 4. The van der Waals surface area contributed by atoms with Crippen molar-refractivity contribution in [1.29, 1.82) is 0 Å². The van der Waals surface area contributed by atoms with Gasteiger partial charge >= 0.3 is 19.4 Å². The van der Waals surface area contributed by atoms with Crippen LogP contribution in [0.15, 0.2) is 58.3 Å². The lowest BCUT2D eigenvalue weighted by Crippen LogP contribution is -2.38. The number of methoxy groups -OCH3 is 1. The Labute approximate surface area is 189 Å². The summed E-state index contributed by atoms with van der Waals surface area (Å²) in [7, 11) is -3.22. The Balaban J connectivity index is 0.00000385. The van der Waals surface area contributed by atoms with Gasteiger partial charge in [-0.1, -0.05) is 36.4 Å². The first-order chi connectivity index (χ1) is 15.2. The van der Waals surface area contributed by atoms with Crippen LogP contribution in [0.25, 0.3) is 0 Å². The van der Waals surface area contributed by atoms with Gasteiger partial charge in [-0.3, -0.25) is 23.7 Å². The van der Waals surface area contributed by atoms with Crippen LogP contribution in [0.5, 0.6) is 0 Å². The molecule has 0 amide bonds. The fraction of sp³-hybridized carbons (Fsp3) is 0.350. The largest absolute Gasteiger partial charge is 0.468 e. The molecule has 1 aromatic carbocycles. The van der Waals surface area contributed by atoms with Crippen LogP contribution in [0.1, 0.15) is 17.4 Å². The van der Waals surface area contributed by atoms with E-state index in [4.69, 9.17) is 14.0 Å². The molecule has 33 heavy (non-hydrogen) atoms. The highest BCUT2D eigenvalue weighted by Crippen LogP contribution is 2.39. The van der Waals surface area contributed by atoms with Crippen LogP contribution < -0.4 is 22.5 Å². The summed E-state index contributed by atoms with van der Waals surface area (Å²) < 4.78 is 29.2. The molecule has 4 atom stereocenters. The Morgan fingerprint density at radius 1 is 1.30 bits per heavy atom. The van der Waals surface area contributed by atoms with E-state index in [0.29, 0.717) is 5.56 Å². The molecule has 6 N–H and O–H groups in total. The zero-order valence-electron chi connectivity index (χ0n) is 18.2. The molecule has 3 unspecified atom stereocenters. The van der Waals surface area contributed by atoms with E-state index in [-0.39, 0.29) is 19.2 Å². The van der Waals surface area contributed by atoms with Crippen LogP contribution in [0, 0.1) is 6.92 Å². The van der Waals surface area contributed by atoms with Gasteiger partial charge in [0.15, 0.2) is 6.23 Å². The molecule has 180 valence electrons. The smallest absolute Gasteiger partial charge is 0.403 e. The van der Waals surface area contributed by atoms with Gasteiger partial charge in [-0.15, -0.1) is 0 Å². The van der Waals surface area contributed by atoms with E-state index in [1.54, 1.807) is 43.3 Å². The minimum absolute atomic E-state index is 0. The van der Waals surface area contributed by atoms with Gasteiger partial charge in [0, 0.05) is 11.8 Å². The number of nitrogens with zero attached hydrogens (tertiary/aromatic N) is 1. The minimum atomic E-state index is -4.40. The summed E-state index contributed by atoms with van der Waals surface area (Å²) in [6.07, 6.45) is 3.08. The minimum Gasteiger partial charge on any atom is -0.468 e. The second-order valence-electron chi connectivity index (χ2n) is 7.14. The lowest BCUT2D eigenvalue weighted by atomic mass is 10.1. The molecule has 1 aromatic heterocycles. The van der Waals surface area contributed by atoms with Crippen LogP contribution in [0.2, 0.25) is 0 Å². The number of nitrogens with one attached hydrogen (secondary N) is 2. The predicted molar refractivity (Wildman–Crippen MR) is 119 cm³/mol. The summed E-state index contributed by atoms with van der Waals surface area (Å²) in [5, 5.41) is 2.32. The maximum absolute atomic E-state index is 12.5. The van der Waals surface area contributed by atoms with E-state index in [9.17, 15) is 23.8 Å². The number of aryl methyl sites for hydroxylation is 1. The Bertz CT molecular complexity index is 1150. The van der Waals surface area contributed by atoms with Crippen molar-refractivity contribution < 1.29 is 28.3 Å². The average Bonchev–Trinajstić information content (AvgIpc) is 3.23. The number of aromatic amines is 1. The Hall–Kier alpha value is -2.86. The molecular formula is C20H27N4O8P. The van der Waals surface area contributed by atoms with Gasteiger partial charge in [-0.05, 0) is 25.0 Å². The molecule has 2 heterocycles. The lowest BCUT2D eigenvalue weighted by Gasteiger charge is -2.22. The zero-order chi connectivity index (χ0) is 23.3. The molecule has 0 spiro atoms. The lowest BCUT2D eigenvalue weighted by molar-refractivity contribution is -0.142. The molecule has 13 heteroatoms. The van der Waals surface area contributed by atoms with Crippen molar-refractivity contribution in [2.24, 2.45) is 0 Å². The van der Waals surface area contributed by atoms with Gasteiger partial charge in [-0.2, -0.15) is 0 Å². The van der Waals surface area contributed by atoms with Crippen molar-refractivity contribution in [3.8, 4) is 0 Å². The van der Waals surface area contributed by atoms with Crippen molar-refractivity contribution in [2.75, 3.05) is 13.7 Å². The Morgan fingerprint density at radius 3 is 2.67 bits per heavy atom. The normalized spacial score (nSPS) is 20.0. The second kappa shape index (κ2) is 11.3. The highest BCUT2D eigenvalue weighted by atomic mass is 31.2. The predicted octanol–water partition coefficient (Wildman–Crippen LogP) is 0.952. The summed E-state index contributed by atoms with van der Waals surface area (Å²) in [6.45, 7) is 1.24. The number of carbonyl (C=O) groups is 1. The number of rotatable bonds is 9. The van der Waals surface area contributed by atoms with Gasteiger partial charge in [0.05, 0.1) is 13.7 Å². The molecule has 0 bridgehead atoms. The molecule has 0 radical (unpaired) electrons. The van der Waals surface area contributed by atoms with Crippen LogP contribution in [0.3, 0.4) is 0 Å². The molecular weight excluding hydrogens is 455 g/mol. The fourth-order valence-electron chi connectivity index (χ4n) is 3.10. The Kier molecular flexibility index (Phi) is 9.06. The van der Waals surface area contributed by atoms with Crippen LogP contribution in [0.4, 0.5) is 0 Å². The number of aromatic nitrogens is 2. The summed E-state index contributed by atoms with van der Waals surface area (Å²) in [5.74, 6) is -0.711. The van der Waals surface area contributed by atoms with Gasteiger partial charge in [0.2, 0.25) is 0 Å². The molecule has 0 aliphatic carbocycles. The van der Waals surface area contributed by atoms with Crippen molar-refractivity contribution in [1.82, 2.24) is 20.8 Å². The first kappa shape index (κ1) is 26.4. The third-order valence-electron chi connectivity index (χ3n) is 4.73. The topological polar surface area (TPSA) is 184 Å². The summed E-state index contributed by atoms with van der Waals surface area (Å²) in [6, 6.07) is 7.84. The maximum atomic E-state index is 12.5. The van der Waals surface area contributed by atoms with Gasteiger partial charge < -0.3 is 20.5 Å². The number of carbonyl (C=O) groups excluding carboxylic acids is 1. The number of esters is 1. The van der Waals surface area contributed by atoms with Crippen molar-refractivity contribution >= 4 is 13.7 Å². The zero-order valence-corrected chi connectivity index (χ0v) is 19.1. The van der Waals surface area contributed by atoms with Crippen molar-refractivity contribution in [2.45, 2.75) is 31.7 Å². The number of hydrogen-bond acceptors (Lipinski definition) is 8. The number of benzene rings is 1. The SMILES string of the molecule is COC(=O)[C@H](Cc1ccccc1)NP(=O)(O)OCC1C=CC(n2cc(C)c(=O)[nH]c2=O)O1.N. The highest BCUT2D eigenvalue weighted by Gasteiger charge is 2.32. The molecule has 0 fully saturated rings. The van der Waals surface area contributed by atoms with E-state index in [1.165, 1.54) is 17.9 Å². The summed E-state index contributed by atoms with van der Waals surface area (Å²) in [5.41, 5.74) is -0.0382. The molecule has 3 rings (SSSR count). The first-order valence-corrected chi connectivity index (χ1v) is 11.3. The van der Waals surface area contributed by atoms with Crippen LogP contribution in [-0.2, 0) is 29.8 Å². The quantitative estimate of drug-likeness (QED) is 0.228. The van der Waals surface area contributed by atoms with Gasteiger partial charge in [0.25, 0.3) is 5.56 Å². The monoisotopic (exact) mass is 482 g/mol. The molecule has 1 aliphatic heterocycles. The first-order valence-electron chi connectivity index (χ1n) is 9.71. The van der Waals surface area contributed by atoms with Crippen LogP contribution in [-0.4, -0.2) is 46.3 Å². The molecule has 0 saturated heterocycles. The molecule has 2 aromatic rings. The van der Waals surface area contributed by atoms with E-state index < -0.39 is 43.3 Å².